The number of urea groups is 1. The molecule has 0 aliphatic heterocycles. The molecule has 0 fully saturated rings. The Morgan fingerprint density at radius 1 is 0.929 bits per heavy atom. The van der Waals surface area contributed by atoms with Crippen LogP contribution in [-0.2, 0) is 0 Å². The lowest BCUT2D eigenvalue weighted by molar-refractivity contribution is 0.0773. The Morgan fingerprint density at radius 2 is 1.50 bits per heavy atom. The van der Waals surface area contributed by atoms with Gasteiger partial charge in [0.1, 0.15) is 0 Å². The van der Waals surface area contributed by atoms with Crippen molar-refractivity contribution in [3.63, 3.8) is 0 Å². The van der Waals surface area contributed by atoms with Gasteiger partial charge < -0.3 is 15.5 Å². The summed E-state index contributed by atoms with van der Waals surface area (Å²) in [6.45, 7) is 16.6. The van der Waals surface area contributed by atoms with Gasteiger partial charge in [-0.25, -0.2) is 4.79 Å². The van der Waals surface area contributed by atoms with Crippen LogP contribution >= 0.6 is 0 Å². The summed E-state index contributed by atoms with van der Waals surface area (Å²) in [5.41, 5.74) is 1.31. The van der Waals surface area contributed by atoms with E-state index in [1.165, 1.54) is 0 Å². The molecule has 0 heterocycles. The third-order valence-corrected chi connectivity index (χ3v) is 5.01. The Kier molecular flexibility index (Phi) is 10.6. The lowest BCUT2D eigenvalue weighted by Crippen LogP contribution is -2.45. The van der Waals surface area contributed by atoms with Crippen LogP contribution in [0, 0.1) is 5.92 Å². The van der Waals surface area contributed by atoms with Crippen LogP contribution in [0.1, 0.15) is 58.3 Å². The Labute approximate surface area is 170 Å². The highest BCUT2D eigenvalue weighted by molar-refractivity contribution is 5.95. The van der Waals surface area contributed by atoms with E-state index in [0.717, 1.165) is 19.5 Å². The maximum atomic E-state index is 12.3. The third-order valence-electron chi connectivity index (χ3n) is 5.01. The molecule has 2 N–H and O–H groups in total. The molecule has 0 aromatic heterocycles. The number of rotatable bonds is 11. The second-order valence-electron chi connectivity index (χ2n) is 7.39. The Bertz CT molecular complexity index is 593. The molecule has 0 aliphatic rings. The number of amides is 3. The number of hydrogen-bond donors (Lipinski definition) is 2. The molecule has 0 bridgehead atoms. The minimum Gasteiger partial charge on any atom is -0.339 e. The van der Waals surface area contributed by atoms with Crippen LogP contribution in [0.15, 0.2) is 24.3 Å². The Balaban J connectivity index is 2.63. The molecule has 3 amide bonds. The van der Waals surface area contributed by atoms with E-state index in [4.69, 9.17) is 0 Å². The maximum Gasteiger partial charge on any atom is 0.319 e. The van der Waals surface area contributed by atoms with E-state index in [9.17, 15) is 9.59 Å². The van der Waals surface area contributed by atoms with Crippen LogP contribution in [0.5, 0.6) is 0 Å². The summed E-state index contributed by atoms with van der Waals surface area (Å²) in [6.07, 6.45) is 1.05. The lowest BCUT2D eigenvalue weighted by atomic mass is 10.0. The summed E-state index contributed by atoms with van der Waals surface area (Å²) in [5, 5.41) is 5.85. The van der Waals surface area contributed by atoms with Gasteiger partial charge in [0.25, 0.3) is 5.91 Å². The van der Waals surface area contributed by atoms with Crippen molar-refractivity contribution in [3.8, 4) is 0 Å². The number of anilines is 1. The monoisotopic (exact) mass is 390 g/mol. The van der Waals surface area contributed by atoms with Crippen molar-refractivity contribution < 1.29 is 9.59 Å². The number of nitrogens with zero attached hydrogens (tertiary/aromatic N) is 2. The largest absolute Gasteiger partial charge is 0.339 e. The maximum absolute atomic E-state index is 12.3. The summed E-state index contributed by atoms with van der Waals surface area (Å²) >= 11 is 0. The highest BCUT2D eigenvalue weighted by atomic mass is 16.2. The van der Waals surface area contributed by atoms with Crippen LogP contribution in [0.25, 0.3) is 0 Å². The third kappa shape index (κ3) is 7.50. The van der Waals surface area contributed by atoms with Gasteiger partial charge >= 0.3 is 6.03 Å². The Hall–Kier alpha value is -2.08. The van der Waals surface area contributed by atoms with E-state index in [-0.39, 0.29) is 11.9 Å². The highest BCUT2D eigenvalue weighted by Crippen LogP contribution is 2.13. The molecule has 28 heavy (non-hydrogen) atoms. The summed E-state index contributed by atoms with van der Waals surface area (Å²) in [5.74, 6) is 0.586. The molecule has 1 aromatic rings. The molecule has 6 heteroatoms. The number of nitrogens with one attached hydrogen (secondary N) is 2. The van der Waals surface area contributed by atoms with Crippen molar-refractivity contribution in [2.45, 2.75) is 54.0 Å². The highest BCUT2D eigenvalue weighted by Gasteiger charge is 2.18. The first-order valence-electron chi connectivity index (χ1n) is 10.5. The molecule has 0 radical (unpaired) electrons. The molecular formula is C22H38N4O2. The first-order chi connectivity index (χ1) is 13.4. The van der Waals surface area contributed by atoms with Crippen molar-refractivity contribution in [2.75, 3.05) is 38.0 Å². The zero-order valence-corrected chi connectivity index (χ0v) is 18.4. The predicted molar refractivity (Wildman–Crippen MR) is 117 cm³/mol. The molecule has 0 spiro atoms. The zero-order chi connectivity index (χ0) is 21.1. The average Bonchev–Trinajstić information content (AvgIpc) is 2.68. The van der Waals surface area contributed by atoms with Crippen molar-refractivity contribution >= 4 is 17.6 Å². The minimum atomic E-state index is -0.219. The summed E-state index contributed by atoms with van der Waals surface area (Å²) in [6, 6.07) is 7.17. The predicted octanol–water partition coefficient (Wildman–Crippen LogP) is 4.05. The topological polar surface area (TPSA) is 64.7 Å². The van der Waals surface area contributed by atoms with Crippen LogP contribution in [0.4, 0.5) is 10.5 Å². The molecule has 0 saturated heterocycles. The van der Waals surface area contributed by atoms with E-state index >= 15 is 0 Å². The first-order valence-corrected chi connectivity index (χ1v) is 10.5. The van der Waals surface area contributed by atoms with Crippen molar-refractivity contribution in [2.24, 2.45) is 5.92 Å². The summed E-state index contributed by atoms with van der Waals surface area (Å²) < 4.78 is 0. The van der Waals surface area contributed by atoms with Gasteiger partial charge in [0.2, 0.25) is 0 Å². The number of benzene rings is 1. The van der Waals surface area contributed by atoms with E-state index in [1.54, 1.807) is 29.2 Å². The van der Waals surface area contributed by atoms with Gasteiger partial charge in [-0.1, -0.05) is 27.7 Å². The standard InChI is InChI=1S/C22H38N4O2/c1-7-25(8-2)20(15-17(5)6)16-23-22(28)24-19-13-11-18(12-14-19)21(27)26(9-3)10-4/h11-14,17,20H,7-10,15-16H2,1-6H3,(H2,23,24,28). The summed E-state index contributed by atoms with van der Waals surface area (Å²) in [4.78, 5) is 28.8. The smallest absolute Gasteiger partial charge is 0.319 e. The molecule has 1 atom stereocenters. The number of likely N-dealkylation sites (N-methyl/N-ethyl adjacent to an activating group) is 1. The molecule has 1 aromatic carbocycles. The molecule has 0 aliphatic carbocycles. The van der Waals surface area contributed by atoms with E-state index in [0.29, 0.717) is 42.8 Å². The molecule has 6 nitrogen and oxygen atoms in total. The van der Waals surface area contributed by atoms with Crippen LogP contribution < -0.4 is 10.6 Å². The van der Waals surface area contributed by atoms with Gasteiger partial charge in [0, 0.05) is 36.9 Å². The van der Waals surface area contributed by atoms with Gasteiger partial charge in [-0.15, -0.1) is 0 Å². The van der Waals surface area contributed by atoms with Gasteiger partial charge in [-0.3, -0.25) is 9.69 Å². The van der Waals surface area contributed by atoms with Gasteiger partial charge in [0.05, 0.1) is 0 Å². The Morgan fingerprint density at radius 3 is 1.96 bits per heavy atom. The van der Waals surface area contributed by atoms with Gasteiger partial charge in [-0.05, 0) is 63.5 Å². The minimum absolute atomic E-state index is 0.0109. The fourth-order valence-corrected chi connectivity index (χ4v) is 3.42. The van der Waals surface area contributed by atoms with Gasteiger partial charge in [-0.2, -0.15) is 0 Å². The number of carbonyl (C=O) groups is 2. The molecule has 1 unspecified atom stereocenters. The van der Waals surface area contributed by atoms with E-state index in [1.807, 2.05) is 13.8 Å². The fourth-order valence-electron chi connectivity index (χ4n) is 3.42. The molecule has 0 saturated carbocycles. The van der Waals surface area contributed by atoms with Crippen molar-refractivity contribution in [1.29, 1.82) is 0 Å². The quantitative estimate of drug-likeness (QED) is 0.599. The SMILES string of the molecule is CCN(CC)C(=O)c1ccc(NC(=O)NCC(CC(C)C)N(CC)CC)cc1. The van der Waals surface area contributed by atoms with Crippen molar-refractivity contribution in [1.82, 2.24) is 15.1 Å². The zero-order valence-electron chi connectivity index (χ0n) is 18.4. The number of carbonyl (C=O) groups excluding carboxylic acids is 2. The number of hydrogen-bond acceptors (Lipinski definition) is 3. The van der Waals surface area contributed by atoms with E-state index in [2.05, 4.69) is 43.2 Å². The second-order valence-corrected chi connectivity index (χ2v) is 7.39. The molecule has 1 rings (SSSR count). The lowest BCUT2D eigenvalue weighted by Gasteiger charge is -2.31. The molecular weight excluding hydrogens is 352 g/mol. The second kappa shape index (κ2) is 12.4. The van der Waals surface area contributed by atoms with Gasteiger partial charge in [0.15, 0.2) is 0 Å². The first kappa shape index (κ1) is 24.0. The molecule has 158 valence electrons. The van der Waals surface area contributed by atoms with Crippen LogP contribution in [-0.4, -0.2) is 60.5 Å². The van der Waals surface area contributed by atoms with Crippen LogP contribution in [0.3, 0.4) is 0 Å². The average molecular weight is 391 g/mol. The summed E-state index contributed by atoms with van der Waals surface area (Å²) in [7, 11) is 0. The van der Waals surface area contributed by atoms with Crippen LogP contribution in [0.2, 0.25) is 0 Å². The normalized spacial score (nSPS) is 12.1. The van der Waals surface area contributed by atoms with Crippen molar-refractivity contribution in [3.05, 3.63) is 29.8 Å². The fraction of sp³-hybridized carbons (Fsp3) is 0.636. The van der Waals surface area contributed by atoms with E-state index < -0.39 is 0 Å².